The molecule has 2 amide bonds. The topological polar surface area (TPSA) is 50.5 Å². The summed E-state index contributed by atoms with van der Waals surface area (Å²) < 4.78 is 5.96. The summed E-state index contributed by atoms with van der Waals surface area (Å²) >= 11 is 0. The number of fused-ring (bicyclic) bond motifs is 3. The van der Waals surface area contributed by atoms with Crippen LogP contribution >= 0.6 is 0 Å². The summed E-state index contributed by atoms with van der Waals surface area (Å²) in [5, 5.41) is 2.06. The highest BCUT2D eigenvalue weighted by Crippen LogP contribution is 2.65. The Kier molecular flexibility index (Phi) is 2.37. The van der Waals surface area contributed by atoms with Gasteiger partial charge >= 0.3 is 0 Å². The number of nitrogens with zero attached hydrogens (tertiary/aromatic N) is 1. The number of benzene rings is 2. The molecule has 4 aliphatic carbocycles. The first kappa shape index (κ1) is 14.2. The van der Waals surface area contributed by atoms with Crippen molar-refractivity contribution in [2.24, 2.45) is 35.5 Å². The SMILES string of the molecule is O=C1[C@@H]2[C@H]3C=C[C@@H]([C@@H]4C[C@H]34)[C@H]2C(=O)N1c1ccc2c(c1)oc1ccccc12. The standard InChI is InChI=1S/C23H17NO3/c25-22-20-14-7-8-15(17-10-16(14)17)21(20)23(26)24(22)11-5-6-13-12-3-1-2-4-18(12)27-19(13)9-11/h1-9,14-17,20-21H,10H2/t14-,15-,16-,17+,20+,21+/m0/s1. The number of hydrogen-bond donors (Lipinski definition) is 0. The molecule has 3 aromatic rings. The van der Waals surface area contributed by atoms with Gasteiger partial charge in [0.05, 0.1) is 17.5 Å². The molecule has 0 N–H and O–H groups in total. The molecule has 27 heavy (non-hydrogen) atoms. The maximum atomic E-state index is 13.3. The lowest BCUT2D eigenvalue weighted by Crippen LogP contribution is -2.40. The fourth-order valence-corrected chi connectivity index (χ4v) is 6.07. The van der Waals surface area contributed by atoms with Crippen LogP contribution in [0.2, 0.25) is 0 Å². The fourth-order valence-electron chi connectivity index (χ4n) is 6.07. The number of furan rings is 1. The van der Waals surface area contributed by atoms with Crippen LogP contribution in [0.3, 0.4) is 0 Å². The summed E-state index contributed by atoms with van der Waals surface area (Å²) in [6, 6.07) is 13.6. The molecule has 0 unspecified atom stereocenters. The van der Waals surface area contributed by atoms with Crippen LogP contribution in [0.15, 0.2) is 59.0 Å². The predicted molar refractivity (Wildman–Crippen MR) is 101 cm³/mol. The monoisotopic (exact) mass is 355 g/mol. The second-order valence-corrected chi connectivity index (χ2v) is 8.45. The molecule has 3 fully saturated rings. The highest BCUT2D eigenvalue weighted by atomic mass is 16.3. The van der Waals surface area contributed by atoms with Gasteiger partial charge < -0.3 is 4.42 Å². The molecule has 4 nitrogen and oxygen atoms in total. The van der Waals surface area contributed by atoms with E-state index in [0.717, 1.165) is 16.4 Å². The molecule has 2 saturated carbocycles. The van der Waals surface area contributed by atoms with Crippen molar-refractivity contribution < 1.29 is 14.0 Å². The van der Waals surface area contributed by atoms with Gasteiger partial charge in [-0.1, -0.05) is 30.4 Å². The average molecular weight is 355 g/mol. The molecule has 1 aromatic heterocycles. The molecular formula is C23H17NO3. The van der Waals surface area contributed by atoms with Crippen LogP contribution in [0.25, 0.3) is 21.9 Å². The molecule has 132 valence electrons. The maximum absolute atomic E-state index is 13.3. The lowest BCUT2D eigenvalue weighted by molar-refractivity contribution is -0.124. The van der Waals surface area contributed by atoms with Crippen molar-refractivity contribution in [1.82, 2.24) is 0 Å². The molecular weight excluding hydrogens is 338 g/mol. The second-order valence-electron chi connectivity index (χ2n) is 8.45. The van der Waals surface area contributed by atoms with E-state index in [2.05, 4.69) is 12.2 Å². The Labute approximate surface area is 155 Å². The van der Waals surface area contributed by atoms with E-state index in [0.29, 0.717) is 23.1 Å². The Morgan fingerprint density at radius 1 is 0.815 bits per heavy atom. The molecule has 4 heteroatoms. The normalized spacial score (nSPS) is 35.9. The number of carbonyl (C=O) groups excluding carboxylic acids is 2. The third-order valence-electron chi connectivity index (χ3n) is 7.28. The van der Waals surface area contributed by atoms with Gasteiger partial charge in [0, 0.05) is 16.8 Å². The van der Waals surface area contributed by atoms with E-state index >= 15 is 0 Å². The highest BCUT2D eigenvalue weighted by Gasteiger charge is 2.67. The van der Waals surface area contributed by atoms with E-state index in [1.807, 2.05) is 42.5 Å². The number of para-hydroxylation sites is 1. The van der Waals surface area contributed by atoms with Crippen molar-refractivity contribution in [3.8, 4) is 0 Å². The van der Waals surface area contributed by atoms with Crippen molar-refractivity contribution in [3.05, 3.63) is 54.6 Å². The molecule has 2 aromatic carbocycles. The minimum Gasteiger partial charge on any atom is -0.456 e. The molecule has 0 radical (unpaired) electrons. The summed E-state index contributed by atoms with van der Waals surface area (Å²) in [7, 11) is 0. The molecule has 5 aliphatic rings. The van der Waals surface area contributed by atoms with Gasteiger partial charge in [-0.3, -0.25) is 9.59 Å². The van der Waals surface area contributed by atoms with Crippen LogP contribution in [0.1, 0.15) is 6.42 Å². The van der Waals surface area contributed by atoms with Gasteiger partial charge in [0.25, 0.3) is 0 Å². The van der Waals surface area contributed by atoms with Crippen molar-refractivity contribution in [2.75, 3.05) is 4.90 Å². The molecule has 0 spiro atoms. The van der Waals surface area contributed by atoms with Gasteiger partial charge in [0.15, 0.2) is 0 Å². The Morgan fingerprint density at radius 3 is 2.22 bits per heavy atom. The summed E-state index contributed by atoms with van der Waals surface area (Å²) in [6.45, 7) is 0. The van der Waals surface area contributed by atoms with Crippen LogP contribution in [-0.2, 0) is 9.59 Å². The van der Waals surface area contributed by atoms with Crippen LogP contribution in [-0.4, -0.2) is 11.8 Å². The number of hydrogen-bond acceptors (Lipinski definition) is 3. The first-order chi connectivity index (χ1) is 13.2. The first-order valence-corrected chi connectivity index (χ1v) is 9.70. The van der Waals surface area contributed by atoms with Crippen molar-refractivity contribution in [1.29, 1.82) is 0 Å². The Balaban J connectivity index is 1.36. The second kappa shape index (κ2) is 4.50. The number of amides is 2. The molecule has 2 bridgehead atoms. The van der Waals surface area contributed by atoms with Gasteiger partial charge in [-0.2, -0.15) is 0 Å². The third-order valence-corrected chi connectivity index (χ3v) is 7.28. The zero-order valence-corrected chi connectivity index (χ0v) is 14.5. The molecule has 1 aliphatic heterocycles. The quantitative estimate of drug-likeness (QED) is 0.487. The predicted octanol–water partition coefficient (Wildman–Crippen LogP) is 4.14. The summed E-state index contributed by atoms with van der Waals surface area (Å²) in [6.07, 6.45) is 5.59. The fraction of sp³-hybridized carbons (Fsp3) is 0.304. The van der Waals surface area contributed by atoms with Crippen LogP contribution in [0.4, 0.5) is 5.69 Å². The van der Waals surface area contributed by atoms with E-state index in [4.69, 9.17) is 4.42 Å². The van der Waals surface area contributed by atoms with Crippen molar-refractivity contribution >= 4 is 39.4 Å². The zero-order valence-electron chi connectivity index (χ0n) is 14.5. The van der Waals surface area contributed by atoms with Crippen molar-refractivity contribution in [2.45, 2.75) is 6.42 Å². The molecule has 6 atom stereocenters. The Morgan fingerprint density at radius 2 is 1.48 bits per heavy atom. The van der Waals surface area contributed by atoms with Crippen LogP contribution < -0.4 is 4.90 Å². The zero-order chi connectivity index (χ0) is 17.9. The van der Waals surface area contributed by atoms with E-state index in [1.165, 1.54) is 11.3 Å². The average Bonchev–Trinajstić information content (AvgIpc) is 3.38. The molecule has 2 heterocycles. The number of carbonyl (C=O) groups is 2. The minimum atomic E-state index is -0.164. The Hall–Kier alpha value is -2.88. The van der Waals surface area contributed by atoms with Crippen molar-refractivity contribution in [3.63, 3.8) is 0 Å². The number of imide groups is 1. The summed E-state index contributed by atoms with van der Waals surface area (Å²) in [5.41, 5.74) is 2.17. The van der Waals surface area contributed by atoms with Gasteiger partial charge in [-0.05, 0) is 48.3 Å². The van der Waals surface area contributed by atoms with E-state index in [1.54, 1.807) is 0 Å². The lowest BCUT2D eigenvalue weighted by Gasteiger charge is -2.37. The first-order valence-electron chi connectivity index (χ1n) is 9.70. The summed E-state index contributed by atoms with van der Waals surface area (Å²) in [5.74, 6) is 1.37. The number of allylic oxidation sites excluding steroid dienone is 2. The number of rotatable bonds is 1. The minimum absolute atomic E-state index is 0.0230. The summed E-state index contributed by atoms with van der Waals surface area (Å²) in [4.78, 5) is 27.9. The van der Waals surface area contributed by atoms with Crippen LogP contribution in [0.5, 0.6) is 0 Å². The van der Waals surface area contributed by atoms with Gasteiger partial charge in [-0.25, -0.2) is 4.90 Å². The van der Waals surface area contributed by atoms with E-state index in [-0.39, 0.29) is 35.5 Å². The Bertz CT molecular complexity index is 1170. The van der Waals surface area contributed by atoms with E-state index in [9.17, 15) is 9.59 Å². The highest BCUT2D eigenvalue weighted by molar-refractivity contribution is 6.23. The van der Waals surface area contributed by atoms with Gasteiger partial charge in [0.1, 0.15) is 11.2 Å². The largest absolute Gasteiger partial charge is 0.456 e. The van der Waals surface area contributed by atoms with Gasteiger partial charge in [0.2, 0.25) is 11.8 Å². The maximum Gasteiger partial charge on any atom is 0.238 e. The molecule has 1 saturated heterocycles. The molecule has 8 rings (SSSR count). The number of anilines is 1. The van der Waals surface area contributed by atoms with E-state index < -0.39 is 0 Å². The van der Waals surface area contributed by atoms with Gasteiger partial charge in [-0.15, -0.1) is 0 Å². The smallest absolute Gasteiger partial charge is 0.238 e. The van der Waals surface area contributed by atoms with Crippen LogP contribution in [0, 0.1) is 35.5 Å². The third kappa shape index (κ3) is 1.61. The lowest BCUT2D eigenvalue weighted by atomic mass is 9.63.